The molecule has 3 saturated heterocycles. The largest absolute Gasteiger partial charge is 0.377 e. The fourth-order valence-corrected chi connectivity index (χ4v) is 5.37. The van der Waals surface area contributed by atoms with E-state index in [9.17, 15) is 8.42 Å². The van der Waals surface area contributed by atoms with Gasteiger partial charge in [-0.25, -0.2) is 12.7 Å². The quantitative estimate of drug-likeness (QED) is 0.779. The predicted octanol–water partition coefficient (Wildman–Crippen LogP) is 1.06. The lowest BCUT2D eigenvalue weighted by atomic mass is 10.1. The molecule has 6 heteroatoms. The van der Waals surface area contributed by atoms with Gasteiger partial charge in [-0.3, -0.25) is 4.90 Å². The maximum absolute atomic E-state index is 12.5. The zero-order valence-electron chi connectivity index (χ0n) is 12.2. The zero-order valence-corrected chi connectivity index (χ0v) is 13.0. The molecule has 0 aromatic carbocycles. The van der Waals surface area contributed by atoms with Crippen molar-refractivity contribution in [3.05, 3.63) is 0 Å². The Hall–Kier alpha value is -0.170. The highest BCUT2D eigenvalue weighted by Crippen LogP contribution is 2.24. The van der Waals surface area contributed by atoms with Crippen LogP contribution < -0.4 is 0 Å². The van der Waals surface area contributed by atoms with Crippen molar-refractivity contribution in [2.45, 2.75) is 50.7 Å². The van der Waals surface area contributed by atoms with E-state index in [1.54, 1.807) is 4.31 Å². The smallest absolute Gasteiger partial charge is 0.216 e. The van der Waals surface area contributed by atoms with Gasteiger partial charge in [0.1, 0.15) is 0 Å². The van der Waals surface area contributed by atoms with Crippen LogP contribution in [0.5, 0.6) is 0 Å². The van der Waals surface area contributed by atoms with Crippen LogP contribution in [0.1, 0.15) is 38.5 Å². The lowest BCUT2D eigenvalue weighted by molar-refractivity contribution is 0.0299. The molecule has 3 aliphatic heterocycles. The number of ether oxygens (including phenoxy) is 1. The molecule has 3 aliphatic rings. The normalized spacial score (nSPS) is 33.8. The second-order valence-electron chi connectivity index (χ2n) is 6.31. The molecule has 2 unspecified atom stereocenters. The third kappa shape index (κ3) is 3.35. The van der Waals surface area contributed by atoms with Gasteiger partial charge in [0.05, 0.1) is 11.9 Å². The Bertz CT molecular complexity index is 414. The molecule has 20 heavy (non-hydrogen) atoms. The van der Waals surface area contributed by atoms with Crippen LogP contribution in [0.25, 0.3) is 0 Å². The van der Waals surface area contributed by atoms with Gasteiger partial charge < -0.3 is 4.74 Å². The van der Waals surface area contributed by atoms with Crippen LogP contribution in [0.4, 0.5) is 0 Å². The number of likely N-dealkylation sites (tertiary alicyclic amines) is 1. The number of hydrogen-bond donors (Lipinski definition) is 0. The van der Waals surface area contributed by atoms with Crippen molar-refractivity contribution < 1.29 is 13.2 Å². The van der Waals surface area contributed by atoms with Gasteiger partial charge in [-0.2, -0.15) is 0 Å². The number of nitrogens with zero attached hydrogens (tertiary/aromatic N) is 2. The highest BCUT2D eigenvalue weighted by molar-refractivity contribution is 7.89. The average molecular weight is 302 g/mol. The summed E-state index contributed by atoms with van der Waals surface area (Å²) in [7, 11) is -3.14. The van der Waals surface area contributed by atoms with Gasteiger partial charge in [-0.1, -0.05) is 0 Å². The van der Waals surface area contributed by atoms with Crippen LogP contribution in [0.2, 0.25) is 0 Å². The Kier molecular flexibility index (Phi) is 4.65. The van der Waals surface area contributed by atoms with E-state index in [1.165, 1.54) is 12.8 Å². The summed E-state index contributed by atoms with van der Waals surface area (Å²) in [6, 6.07) is 0.444. The lowest BCUT2D eigenvalue weighted by Crippen LogP contribution is -2.40. The average Bonchev–Trinajstić information content (AvgIpc) is 3.11. The molecule has 5 nitrogen and oxygen atoms in total. The van der Waals surface area contributed by atoms with Crippen LogP contribution in [0.3, 0.4) is 0 Å². The van der Waals surface area contributed by atoms with E-state index in [4.69, 9.17) is 4.74 Å². The monoisotopic (exact) mass is 302 g/mol. The fourth-order valence-electron chi connectivity index (χ4n) is 3.65. The van der Waals surface area contributed by atoms with Crippen LogP contribution in [0, 0.1) is 0 Å². The Labute approximate surface area is 122 Å². The number of hydrogen-bond acceptors (Lipinski definition) is 4. The summed E-state index contributed by atoms with van der Waals surface area (Å²) in [5, 5.41) is 0. The summed E-state index contributed by atoms with van der Waals surface area (Å²) in [6.45, 7) is 4.39. The first-order valence-electron chi connectivity index (χ1n) is 7.99. The molecule has 0 N–H and O–H groups in total. The second-order valence-corrected chi connectivity index (χ2v) is 8.32. The minimum Gasteiger partial charge on any atom is -0.377 e. The fraction of sp³-hybridized carbons (Fsp3) is 1.00. The van der Waals surface area contributed by atoms with E-state index in [2.05, 4.69) is 4.90 Å². The summed E-state index contributed by atoms with van der Waals surface area (Å²) >= 11 is 0. The molecule has 0 amide bonds. The minimum atomic E-state index is -3.14. The molecule has 3 fully saturated rings. The molecule has 0 bridgehead atoms. The topological polar surface area (TPSA) is 49.9 Å². The SMILES string of the molecule is O=S(=O)(CC1CCCCO1)N1CCC(N2CCCC2)C1. The molecule has 0 spiro atoms. The van der Waals surface area contributed by atoms with Crippen LogP contribution in [-0.4, -0.2) is 68.3 Å². The van der Waals surface area contributed by atoms with Crippen molar-refractivity contribution >= 4 is 10.0 Å². The van der Waals surface area contributed by atoms with Gasteiger partial charge in [-0.05, 0) is 51.6 Å². The van der Waals surface area contributed by atoms with Gasteiger partial charge >= 0.3 is 0 Å². The van der Waals surface area contributed by atoms with E-state index < -0.39 is 10.0 Å². The first-order valence-corrected chi connectivity index (χ1v) is 9.59. The Morgan fingerprint density at radius 2 is 1.80 bits per heavy atom. The molecule has 0 aromatic rings. The van der Waals surface area contributed by atoms with Crippen molar-refractivity contribution in [1.29, 1.82) is 0 Å². The summed E-state index contributed by atoms with van der Waals surface area (Å²) in [6.07, 6.45) is 6.49. The van der Waals surface area contributed by atoms with E-state index in [1.807, 2.05) is 0 Å². The minimum absolute atomic E-state index is 0.0837. The summed E-state index contributed by atoms with van der Waals surface area (Å²) in [5.41, 5.74) is 0. The van der Waals surface area contributed by atoms with Crippen molar-refractivity contribution in [3.8, 4) is 0 Å². The molecule has 116 valence electrons. The van der Waals surface area contributed by atoms with Gasteiger partial charge in [0.2, 0.25) is 10.0 Å². The van der Waals surface area contributed by atoms with Crippen LogP contribution in [-0.2, 0) is 14.8 Å². The van der Waals surface area contributed by atoms with E-state index in [-0.39, 0.29) is 11.9 Å². The molecule has 0 saturated carbocycles. The highest BCUT2D eigenvalue weighted by Gasteiger charge is 2.36. The molecular weight excluding hydrogens is 276 g/mol. The lowest BCUT2D eigenvalue weighted by Gasteiger charge is -2.26. The van der Waals surface area contributed by atoms with Gasteiger partial charge in [0.25, 0.3) is 0 Å². The van der Waals surface area contributed by atoms with Gasteiger partial charge in [0.15, 0.2) is 0 Å². The third-order valence-electron chi connectivity index (χ3n) is 4.85. The molecule has 0 aromatic heterocycles. The molecule has 0 radical (unpaired) electrons. The number of rotatable bonds is 4. The predicted molar refractivity (Wildman–Crippen MR) is 78.2 cm³/mol. The molecule has 3 rings (SSSR count). The van der Waals surface area contributed by atoms with Crippen LogP contribution in [0.15, 0.2) is 0 Å². The Morgan fingerprint density at radius 3 is 2.50 bits per heavy atom. The number of sulfonamides is 1. The highest BCUT2D eigenvalue weighted by atomic mass is 32.2. The summed E-state index contributed by atoms with van der Waals surface area (Å²) in [5.74, 6) is 0.180. The molecule has 3 heterocycles. The molecule has 0 aliphatic carbocycles. The summed E-state index contributed by atoms with van der Waals surface area (Å²) in [4.78, 5) is 2.46. The van der Waals surface area contributed by atoms with E-state index >= 15 is 0 Å². The maximum Gasteiger partial charge on any atom is 0.216 e. The van der Waals surface area contributed by atoms with Crippen molar-refractivity contribution in [2.75, 3.05) is 38.5 Å². The van der Waals surface area contributed by atoms with Gasteiger partial charge in [0, 0.05) is 25.7 Å². The Morgan fingerprint density at radius 1 is 1.00 bits per heavy atom. The standard InChI is InChI=1S/C14H26N2O3S/c17-20(18,12-14-5-1-4-10-19-14)16-9-6-13(11-16)15-7-2-3-8-15/h13-14H,1-12H2. The maximum atomic E-state index is 12.5. The second kappa shape index (κ2) is 6.30. The van der Waals surface area contributed by atoms with Crippen molar-refractivity contribution in [1.82, 2.24) is 9.21 Å². The third-order valence-corrected chi connectivity index (χ3v) is 6.76. The zero-order chi connectivity index (χ0) is 14.0. The Balaban J connectivity index is 1.55. The first kappa shape index (κ1) is 14.8. The summed E-state index contributed by atoms with van der Waals surface area (Å²) < 4.78 is 32.3. The van der Waals surface area contributed by atoms with Crippen LogP contribution >= 0.6 is 0 Å². The molecular formula is C14H26N2O3S. The van der Waals surface area contributed by atoms with E-state index in [0.29, 0.717) is 19.1 Å². The van der Waals surface area contributed by atoms with Gasteiger partial charge in [-0.15, -0.1) is 0 Å². The van der Waals surface area contributed by atoms with Crippen molar-refractivity contribution in [3.63, 3.8) is 0 Å². The molecule has 2 atom stereocenters. The van der Waals surface area contributed by atoms with Crippen molar-refractivity contribution in [2.24, 2.45) is 0 Å². The van der Waals surface area contributed by atoms with E-state index in [0.717, 1.165) is 45.4 Å². The first-order chi connectivity index (χ1) is 9.65.